The van der Waals surface area contributed by atoms with Crippen LogP contribution in [0.25, 0.3) is 0 Å². The predicted molar refractivity (Wildman–Crippen MR) is 91.6 cm³/mol. The summed E-state index contributed by atoms with van der Waals surface area (Å²) < 4.78 is 28.5. The molecule has 0 unspecified atom stereocenters. The second kappa shape index (κ2) is 8.25. The second-order valence-electron chi connectivity index (χ2n) is 5.96. The Morgan fingerprint density at radius 1 is 1.25 bits per heavy atom. The molecule has 0 spiro atoms. The van der Waals surface area contributed by atoms with Crippen molar-refractivity contribution >= 4 is 27.4 Å². The number of hydrogen-bond donors (Lipinski definition) is 2. The number of benzene rings is 1. The number of hydrogen-bond acceptors (Lipinski definition) is 6. The molecule has 0 aliphatic carbocycles. The zero-order valence-electron chi connectivity index (χ0n) is 14.3. The summed E-state index contributed by atoms with van der Waals surface area (Å²) in [7, 11) is -3.56. The van der Waals surface area contributed by atoms with E-state index >= 15 is 0 Å². The Balaban J connectivity index is 3.15. The predicted octanol–water partition coefficient (Wildman–Crippen LogP) is 1.58. The molecular formula is C16H24N2O5S. The van der Waals surface area contributed by atoms with Crippen LogP contribution in [0, 0.1) is 5.92 Å². The summed E-state index contributed by atoms with van der Waals surface area (Å²) in [6, 6.07) is 3.15. The van der Waals surface area contributed by atoms with Crippen LogP contribution in [0.3, 0.4) is 0 Å². The van der Waals surface area contributed by atoms with Gasteiger partial charge in [-0.2, -0.15) is 0 Å². The van der Waals surface area contributed by atoms with E-state index in [1.807, 2.05) is 13.8 Å². The highest BCUT2D eigenvalue weighted by molar-refractivity contribution is 7.90. The Hall–Kier alpha value is -1.93. The minimum Gasteiger partial charge on any atom is -0.462 e. The van der Waals surface area contributed by atoms with E-state index in [0.717, 1.165) is 6.26 Å². The van der Waals surface area contributed by atoms with Gasteiger partial charge in [-0.3, -0.25) is 4.79 Å². The summed E-state index contributed by atoms with van der Waals surface area (Å²) in [5, 5.41) is 2.56. The van der Waals surface area contributed by atoms with Crippen LogP contribution >= 0.6 is 0 Å². The Morgan fingerprint density at radius 3 is 2.38 bits per heavy atom. The Kier molecular flexibility index (Phi) is 6.92. The van der Waals surface area contributed by atoms with E-state index in [2.05, 4.69) is 5.32 Å². The fourth-order valence-electron chi connectivity index (χ4n) is 2.07. The van der Waals surface area contributed by atoms with Crippen molar-refractivity contribution in [1.29, 1.82) is 0 Å². The summed E-state index contributed by atoms with van der Waals surface area (Å²) >= 11 is 0. The molecule has 0 heterocycles. The van der Waals surface area contributed by atoms with E-state index in [9.17, 15) is 18.0 Å². The lowest BCUT2D eigenvalue weighted by Crippen LogP contribution is -2.36. The molecule has 0 saturated heterocycles. The van der Waals surface area contributed by atoms with Gasteiger partial charge in [-0.25, -0.2) is 13.2 Å². The molecular weight excluding hydrogens is 332 g/mol. The first-order valence-corrected chi connectivity index (χ1v) is 9.52. The highest BCUT2D eigenvalue weighted by Gasteiger charge is 2.19. The van der Waals surface area contributed by atoms with Crippen LogP contribution < -0.4 is 11.1 Å². The van der Waals surface area contributed by atoms with Crippen LogP contribution in [0.4, 0.5) is 5.69 Å². The van der Waals surface area contributed by atoms with E-state index in [0.29, 0.717) is 6.42 Å². The van der Waals surface area contributed by atoms with Crippen LogP contribution in [0.5, 0.6) is 0 Å². The van der Waals surface area contributed by atoms with Crippen molar-refractivity contribution < 1.29 is 22.7 Å². The van der Waals surface area contributed by atoms with Crippen molar-refractivity contribution in [3.63, 3.8) is 0 Å². The van der Waals surface area contributed by atoms with E-state index in [4.69, 9.17) is 10.5 Å². The maximum atomic E-state index is 12.1. The minimum atomic E-state index is -3.56. The monoisotopic (exact) mass is 356 g/mol. The summed E-state index contributed by atoms with van der Waals surface area (Å²) in [6.45, 7) is 5.68. The molecule has 7 nitrogen and oxygen atoms in total. The zero-order chi connectivity index (χ0) is 18.5. The smallest absolute Gasteiger partial charge is 0.338 e. The highest BCUT2D eigenvalue weighted by atomic mass is 32.2. The van der Waals surface area contributed by atoms with Gasteiger partial charge in [0.05, 0.1) is 23.1 Å². The normalized spacial score (nSPS) is 12.8. The average Bonchev–Trinajstić information content (AvgIpc) is 2.45. The first-order chi connectivity index (χ1) is 11.0. The fraction of sp³-hybridized carbons (Fsp3) is 0.500. The number of amides is 1. The van der Waals surface area contributed by atoms with E-state index in [1.54, 1.807) is 6.92 Å². The Bertz CT molecular complexity index is 713. The molecule has 1 aromatic rings. The highest BCUT2D eigenvalue weighted by Crippen LogP contribution is 2.20. The van der Waals surface area contributed by atoms with Crippen LogP contribution in [0.1, 0.15) is 37.6 Å². The van der Waals surface area contributed by atoms with Crippen LogP contribution in [0.15, 0.2) is 23.1 Å². The molecule has 0 radical (unpaired) electrons. The molecule has 1 amide bonds. The number of nitrogens with two attached hydrogens (primary N) is 1. The van der Waals surface area contributed by atoms with Gasteiger partial charge in [0, 0.05) is 11.9 Å². The molecule has 24 heavy (non-hydrogen) atoms. The van der Waals surface area contributed by atoms with Gasteiger partial charge in [0.25, 0.3) is 0 Å². The van der Waals surface area contributed by atoms with E-state index < -0.39 is 27.8 Å². The lowest BCUT2D eigenvalue weighted by Gasteiger charge is -2.15. The van der Waals surface area contributed by atoms with E-state index in [1.165, 1.54) is 18.2 Å². The molecule has 0 aliphatic heterocycles. The third-order valence-corrected chi connectivity index (χ3v) is 4.27. The van der Waals surface area contributed by atoms with Crippen molar-refractivity contribution in [3.05, 3.63) is 23.8 Å². The Morgan fingerprint density at radius 2 is 1.88 bits per heavy atom. The first kappa shape index (κ1) is 20.1. The van der Waals surface area contributed by atoms with Crippen molar-refractivity contribution in [2.24, 2.45) is 11.7 Å². The molecule has 0 bridgehead atoms. The largest absolute Gasteiger partial charge is 0.462 e. The summed E-state index contributed by atoms with van der Waals surface area (Å²) in [6.07, 6.45) is 1.51. The van der Waals surface area contributed by atoms with Crippen LogP contribution in [0.2, 0.25) is 0 Å². The third kappa shape index (κ3) is 5.93. The van der Waals surface area contributed by atoms with Gasteiger partial charge in [0.15, 0.2) is 9.84 Å². The Labute approximate surface area is 142 Å². The molecule has 1 atom stereocenters. The average molecular weight is 356 g/mol. The quantitative estimate of drug-likeness (QED) is 0.717. The summed E-state index contributed by atoms with van der Waals surface area (Å²) in [4.78, 5) is 23.9. The molecule has 0 aromatic heterocycles. The number of carbonyl (C=O) groups is 2. The van der Waals surface area contributed by atoms with E-state index in [-0.39, 0.29) is 28.7 Å². The maximum Gasteiger partial charge on any atom is 0.338 e. The fourth-order valence-corrected chi connectivity index (χ4v) is 2.75. The SMILES string of the molecule is CCOC(=O)c1cc(NC(=O)[C@@H](N)CC(C)C)cc(S(C)(=O)=O)c1. The van der Waals surface area contributed by atoms with Crippen molar-refractivity contribution in [2.45, 2.75) is 38.1 Å². The topological polar surface area (TPSA) is 116 Å². The lowest BCUT2D eigenvalue weighted by atomic mass is 10.0. The molecule has 1 rings (SSSR count). The van der Waals surface area contributed by atoms with Gasteiger partial charge in [-0.15, -0.1) is 0 Å². The van der Waals surface area contributed by atoms with Crippen LogP contribution in [-0.4, -0.2) is 39.2 Å². The number of sulfone groups is 1. The standard InChI is InChI=1S/C16H24N2O5S/c1-5-23-16(20)11-7-12(9-13(8-11)24(4,21)22)18-15(19)14(17)6-10(2)3/h7-10,14H,5-6,17H2,1-4H3,(H,18,19)/t14-/m0/s1. The number of ether oxygens (including phenoxy) is 1. The molecule has 8 heteroatoms. The maximum absolute atomic E-state index is 12.1. The summed E-state index contributed by atoms with van der Waals surface area (Å²) in [5.41, 5.74) is 6.05. The molecule has 0 saturated carbocycles. The molecule has 134 valence electrons. The van der Waals surface area contributed by atoms with Gasteiger partial charge in [-0.05, 0) is 37.5 Å². The molecule has 3 N–H and O–H groups in total. The summed E-state index contributed by atoms with van der Waals surface area (Å²) in [5.74, 6) is -0.864. The van der Waals surface area contributed by atoms with Gasteiger partial charge >= 0.3 is 5.97 Å². The number of carbonyl (C=O) groups excluding carboxylic acids is 2. The third-order valence-electron chi connectivity index (χ3n) is 3.18. The van der Waals surface area contributed by atoms with Gasteiger partial charge in [0.1, 0.15) is 0 Å². The van der Waals surface area contributed by atoms with Crippen molar-refractivity contribution in [2.75, 3.05) is 18.2 Å². The molecule has 0 aliphatic rings. The minimum absolute atomic E-state index is 0.0486. The number of anilines is 1. The number of esters is 1. The number of rotatable bonds is 7. The lowest BCUT2D eigenvalue weighted by molar-refractivity contribution is -0.117. The zero-order valence-corrected chi connectivity index (χ0v) is 15.1. The van der Waals surface area contributed by atoms with Crippen LogP contribution in [-0.2, 0) is 19.4 Å². The second-order valence-corrected chi connectivity index (χ2v) is 7.98. The number of nitrogens with one attached hydrogen (secondary N) is 1. The molecule has 1 aromatic carbocycles. The van der Waals surface area contributed by atoms with Gasteiger partial charge < -0.3 is 15.8 Å². The van der Waals surface area contributed by atoms with Crippen molar-refractivity contribution in [3.8, 4) is 0 Å². The van der Waals surface area contributed by atoms with Crippen molar-refractivity contribution in [1.82, 2.24) is 0 Å². The van der Waals surface area contributed by atoms with Gasteiger partial charge in [0.2, 0.25) is 5.91 Å². The van der Waals surface area contributed by atoms with Gasteiger partial charge in [-0.1, -0.05) is 13.8 Å². The first-order valence-electron chi connectivity index (χ1n) is 7.63. The molecule has 0 fully saturated rings.